The van der Waals surface area contributed by atoms with Crippen LogP contribution in [0.4, 0.5) is 0 Å². The van der Waals surface area contributed by atoms with E-state index < -0.39 is 0 Å². The Morgan fingerprint density at radius 3 is 2.40 bits per heavy atom. The summed E-state index contributed by atoms with van der Waals surface area (Å²) in [5.41, 5.74) is 3.17. The fourth-order valence-corrected chi connectivity index (χ4v) is 1.44. The summed E-state index contributed by atoms with van der Waals surface area (Å²) in [7, 11) is 0. The minimum absolute atomic E-state index is 0.0616. The average Bonchev–Trinajstić information content (AvgIpc) is 2.66. The normalized spacial score (nSPS) is 11.0. The lowest BCUT2D eigenvalue weighted by molar-refractivity contribution is 0.573. The molecule has 0 aliphatic heterocycles. The lowest BCUT2D eigenvalue weighted by atomic mass is 9.91. The van der Waals surface area contributed by atoms with E-state index in [1.807, 2.05) is 26.1 Å². The van der Waals surface area contributed by atoms with Crippen molar-refractivity contribution in [1.82, 2.24) is 15.0 Å². The first kappa shape index (κ1) is 11.7. The van der Waals surface area contributed by atoms with Gasteiger partial charge in [-0.05, 0) is 6.07 Å². The summed E-state index contributed by atoms with van der Waals surface area (Å²) < 4.78 is 0. The van der Waals surface area contributed by atoms with E-state index in [-0.39, 0.29) is 5.41 Å². The molecule has 0 saturated heterocycles. The second-order valence-electron chi connectivity index (χ2n) is 4.21. The molecule has 82 valence electrons. The Morgan fingerprint density at radius 2 is 1.80 bits per heavy atom. The van der Waals surface area contributed by atoms with Gasteiger partial charge in [0.2, 0.25) is 0 Å². The SMILES string of the molecule is CC.CC(C)(C)c1ncnc2cc[nH]c12. The van der Waals surface area contributed by atoms with Gasteiger partial charge in [-0.1, -0.05) is 34.6 Å². The molecule has 2 rings (SSSR count). The molecule has 0 amide bonds. The van der Waals surface area contributed by atoms with Crippen LogP contribution < -0.4 is 0 Å². The molecule has 15 heavy (non-hydrogen) atoms. The van der Waals surface area contributed by atoms with Crippen molar-refractivity contribution in [1.29, 1.82) is 0 Å². The molecule has 3 nitrogen and oxygen atoms in total. The number of aromatic nitrogens is 3. The highest BCUT2D eigenvalue weighted by Gasteiger charge is 2.19. The van der Waals surface area contributed by atoms with Crippen molar-refractivity contribution in [3.05, 3.63) is 24.3 Å². The number of hydrogen-bond donors (Lipinski definition) is 1. The van der Waals surface area contributed by atoms with Gasteiger partial charge < -0.3 is 4.98 Å². The van der Waals surface area contributed by atoms with Crippen LogP contribution in [0.25, 0.3) is 11.0 Å². The standard InChI is InChI=1S/C10H13N3.C2H6/c1-10(2,3)9-8-7(4-5-11-8)12-6-13-9;1-2/h4-6,11H,1-3H3;1-2H3. The van der Waals surface area contributed by atoms with E-state index in [4.69, 9.17) is 0 Å². The second kappa shape index (κ2) is 4.43. The van der Waals surface area contributed by atoms with E-state index in [2.05, 4.69) is 35.7 Å². The Hall–Kier alpha value is -1.38. The van der Waals surface area contributed by atoms with E-state index in [0.717, 1.165) is 16.7 Å². The lowest BCUT2D eigenvalue weighted by Gasteiger charge is -2.17. The Labute approximate surface area is 91.0 Å². The van der Waals surface area contributed by atoms with Crippen molar-refractivity contribution >= 4 is 11.0 Å². The molecule has 0 fully saturated rings. The molecular weight excluding hydrogens is 186 g/mol. The molecule has 2 aromatic heterocycles. The molecule has 0 unspecified atom stereocenters. The van der Waals surface area contributed by atoms with Gasteiger partial charge >= 0.3 is 0 Å². The highest BCUT2D eigenvalue weighted by Crippen LogP contribution is 2.25. The monoisotopic (exact) mass is 205 g/mol. The van der Waals surface area contributed by atoms with Gasteiger partial charge in [0.1, 0.15) is 6.33 Å². The van der Waals surface area contributed by atoms with Crippen molar-refractivity contribution in [3.63, 3.8) is 0 Å². The zero-order chi connectivity index (χ0) is 11.5. The number of aromatic amines is 1. The van der Waals surface area contributed by atoms with Crippen LogP contribution in [0.1, 0.15) is 40.3 Å². The number of hydrogen-bond acceptors (Lipinski definition) is 2. The molecule has 0 radical (unpaired) electrons. The molecule has 0 atom stereocenters. The number of fused-ring (bicyclic) bond motifs is 1. The average molecular weight is 205 g/mol. The third-order valence-corrected chi connectivity index (χ3v) is 2.06. The first-order valence-electron chi connectivity index (χ1n) is 5.37. The smallest absolute Gasteiger partial charge is 0.116 e. The van der Waals surface area contributed by atoms with Crippen LogP contribution in [0.15, 0.2) is 18.6 Å². The van der Waals surface area contributed by atoms with Crippen LogP contribution >= 0.6 is 0 Å². The molecule has 0 aromatic carbocycles. The van der Waals surface area contributed by atoms with Crippen LogP contribution in [-0.4, -0.2) is 15.0 Å². The molecule has 0 saturated carbocycles. The summed E-state index contributed by atoms with van der Waals surface area (Å²) >= 11 is 0. The van der Waals surface area contributed by atoms with Gasteiger partial charge in [0.25, 0.3) is 0 Å². The molecule has 2 aromatic rings. The number of H-pyrrole nitrogens is 1. The summed E-state index contributed by atoms with van der Waals surface area (Å²) in [6.45, 7) is 10.4. The Morgan fingerprint density at radius 1 is 1.13 bits per heavy atom. The van der Waals surface area contributed by atoms with Gasteiger partial charge in [-0.3, -0.25) is 0 Å². The Balaban J connectivity index is 0.000000531. The van der Waals surface area contributed by atoms with Gasteiger partial charge in [0.15, 0.2) is 0 Å². The van der Waals surface area contributed by atoms with Crippen molar-refractivity contribution in [2.24, 2.45) is 0 Å². The summed E-state index contributed by atoms with van der Waals surface area (Å²) in [5, 5.41) is 0. The van der Waals surface area contributed by atoms with Gasteiger partial charge in [0, 0.05) is 11.6 Å². The maximum absolute atomic E-state index is 4.31. The maximum atomic E-state index is 4.31. The van der Waals surface area contributed by atoms with Crippen molar-refractivity contribution in [3.8, 4) is 0 Å². The summed E-state index contributed by atoms with van der Waals surface area (Å²) in [6, 6.07) is 1.96. The van der Waals surface area contributed by atoms with Crippen LogP contribution in [0.2, 0.25) is 0 Å². The molecule has 0 bridgehead atoms. The van der Waals surface area contributed by atoms with Gasteiger partial charge in [-0.25, -0.2) is 9.97 Å². The van der Waals surface area contributed by atoms with Crippen molar-refractivity contribution in [2.45, 2.75) is 40.0 Å². The van der Waals surface area contributed by atoms with E-state index in [0.29, 0.717) is 0 Å². The maximum Gasteiger partial charge on any atom is 0.116 e. The molecule has 0 aliphatic rings. The first-order chi connectivity index (χ1) is 7.09. The van der Waals surface area contributed by atoms with E-state index in [9.17, 15) is 0 Å². The number of nitrogens with one attached hydrogen (secondary N) is 1. The van der Waals surface area contributed by atoms with E-state index in [1.54, 1.807) is 6.33 Å². The lowest BCUT2D eigenvalue weighted by Crippen LogP contribution is -2.14. The summed E-state index contributed by atoms with van der Waals surface area (Å²) in [4.78, 5) is 11.7. The minimum Gasteiger partial charge on any atom is -0.358 e. The fraction of sp³-hybridized carbons (Fsp3) is 0.500. The minimum atomic E-state index is 0.0616. The molecule has 0 spiro atoms. The quantitative estimate of drug-likeness (QED) is 0.717. The Kier molecular flexibility index (Phi) is 3.45. The molecule has 0 aliphatic carbocycles. The fourth-order valence-electron chi connectivity index (χ4n) is 1.44. The van der Waals surface area contributed by atoms with Crippen LogP contribution in [0.3, 0.4) is 0 Å². The van der Waals surface area contributed by atoms with Crippen molar-refractivity contribution < 1.29 is 0 Å². The number of nitrogens with zero attached hydrogens (tertiary/aromatic N) is 2. The highest BCUT2D eigenvalue weighted by molar-refractivity contribution is 5.77. The molecule has 1 N–H and O–H groups in total. The van der Waals surface area contributed by atoms with Crippen LogP contribution in [-0.2, 0) is 5.41 Å². The highest BCUT2D eigenvalue weighted by atomic mass is 14.9. The molecule has 3 heteroatoms. The van der Waals surface area contributed by atoms with E-state index in [1.165, 1.54) is 0 Å². The Bertz CT molecular complexity index is 424. The second-order valence-corrected chi connectivity index (χ2v) is 4.21. The first-order valence-corrected chi connectivity index (χ1v) is 5.37. The third-order valence-electron chi connectivity index (χ3n) is 2.06. The van der Waals surface area contributed by atoms with Gasteiger partial charge in [0.05, 0.1) is 16.7 Å². The van der Waals surface area contributed by atoms with Crippen LogP contribution in [0.5, 0.6) is 0 Å². The molecule has 2 heterocycles. The topological polar surface area (TPSA) is 41.6 Å². The van der Waals surface area contributed by atoms with Crippen LogP contribution in [0, 0.1) is 0 Å². The van der Waals surface area contributed by atoms with Gasteiger partial charge in [-0.2, -0.15) is 0 Å². The van der Waals surface area contributed by atoms with Crippen molar-refractivity contribution in [2.75, 3.05) is 0 Å². The third kappa shape index (κ3) is 2.35. The number of rotatable bonds is 0. The zero-order valence-electron chi connectivity index (χ0n) is 10.1. The summed E-state index contributed by atoms with van der Waals surface area (Å²) in [5.74, 6) is 0. The van der Waals surface area contributed by atoms with Gasteiger partial charge in [-0.15, -0.1) is 0 Å². The summed E-state index contributed by atoms with van der Waals surface area (Å²) in [6.07, 6.45) is 3.52. The zero-order valence-corrected chi connectivity index (χ0v) is 10.1. The van der Waals surface area contributed by atoms with E-state index >= 15 is 0 Å². The molecular formula is C12H19N3. The predicted octanol–water partition coefficient (Wildman–Crippen LogP) is 3.28. The largest absolute Gasteiger partial charge is 0.358 e. The predicted molar refractivity (Wildman–Crippen MR) is 63.9 cm³/mol.